The molecular weight excluding hydrogens is 422 g/mol. The topological polar surface area (TPSA) is 210 Å². The summed E-state index contributed by atoms with van der Waals surface area (Å²) in [4.78, 5) is 40.4. The van der Waals surface area contributed by atoms with Crippen molar-refractivity contribution in [1.82, 2.24) is 10.6 Å². The Balaban J connectivity index is 2.97. The third kappa shape index (κ3) is 9.87. The Kier molecular flexibility index (Phi) is 9.57. The number of phenolic OH excluding ortho intramolecular Hbond substituents is 2. The van der Waals surface area contributed by atoms with E-state index in [9.17, 15) is 29.7 Å². The van der Waals surface area contributed by atoms with Gasteiger partial charge in [0.15, 0.2) is 17.5 Å². The summed E-state index contributed by atoms with van der Waals surface area (Å²) in [5.41, 5.74) is 10.0. The van der Waals surface area contributed by atoms with Gasteiger partial charge in [0, 0.05) is 13.0 Å². The van der Waals surface area contributed by atoms with E-state index in [1.807, 2.05) is 0 Å². The minimum atomic E-state index is -1.26. The lowest BCUT2D eigenvalue weighted by molar-refractivity contribution is -0.142. The fourth-order valence-electron chi connectivity index (χ4n) is 2.62. The van der Waals surface area contributed by atoms with Crippen molar-refractivity contribution in [2.24, 2.45) is 16.5 Å². The van der Waals surface area contributed by atoms with Crippen LogP contribution in [0.15, 0.2) is 23.2 Å². The molecule has 0 aliphatic rings. The number of aliphatic carboxylic acids is 1. The molecule has 0 aliphatic heterocycles. The molecule has 0 spiro atoms. The predicted octanol–water partition coefficient (Wildman–Crippen LogP) is 0.157. The number of phenols is 2. The summed E-state index contributed by atoms with van der Waals surface area (Å²) >= 11 is 0. The van der Waals surface area contributed by atoms with Crippen LogP contribution >= 0.6 is 0 Å². The number of ether oxygens (including phenoxy) is 1. The number of nitrogens with one attached hydrogen (secondary N) is 2. The molecular formula is C20H31N5O7. The van der Waals surface area contributed by atoms with Crippen molar-refractivity contribution < 1.29 is 34.4 Å². The van der Waals surface area contributed by atoms with Crippen LogP contribution in [-0.4, -0.2) is 63.5 Å². The highest BCUT2D eigenvalue weighted by Crippen LogP contribution is 2.25. The fourth-order valence-corrected chi connectivity index (χ4v) is 2.62. The molecule has 12 heteroatoms. The lowest BCUT2D eigenvalue weighted by Gasteiger charge is -2.24. The molecule has 0 fully saturated rings. The molecule has 32 heavy (non-hydrogen) atoms. The zero-order valence-electron chi connectivity index (χ0n) is 18.3. The number of carbonyl (C=O) groups is 3. The molecule has 0 aromatic heterocycles. The molecule has 0 aliphatic carbocycles. The lowest BCUT2D eigenvalue weighted by Crippen LogP contribution is -2.53. The van der Waals surface area contributed by atoms with Crippen molar-refractivity contribution >= 4 is 23.9 Å². The molecule has 0 saturated heterocycles. The minimum Gasteiger partial charge on any atom is -0.504 e. The van der Waals surface area contributed by atoms with Gasteiger partial charge in [-0.2, -0.15) is 0 Å². The van der Waals surface area contributed by atoms with Crippen LogP contribution < -0.4 is 22.1 Å². The van der Waals surface area contributed by atoms with E-state index in [0.717, 1.165) is 0 Å². The van der Waals surface area contributed by atoms with Crippen LogP contribution in [-0.2, 0) is 20.7 Å². The van der Waals surface area contributed by atoms with Crippen LogP contribution in [0.4, 0.5) is 4.79 Å². The van der Waals surface area contributed by atoms with E-state index in [-0.39, 0.29) is 31.1 Å². The van der Waals surface area contributed by atoms with Gasteiger partial charge in [-0.15, -0.1) is 0 Å². The molecule has 12 nitrogen and oxygen atoms in total. The second-order valence-electron chi connectivity index (χ2n) is 8.07. The third-order valence-corrected chi connectivity index (χ3v) is 4.05. The monoisotopic (exact) mass is 453 g/mol. The van der Waals surface area contributed by atoms with Gasteiger partial charge in [0.25, 0.3) is 0 Å². The van der Waals surface area contributed by atoms with Crippen molar-refractivity contribution in [1.29, 1.82) is 0 Å². The van der Waals surface area contributed by atoms with E-state index in [4.69, 9.17) is 16.2 Å². The summed E-state index contributed by atoms with van der Waals surface area (Å²) in [5, 5.41) is 33.4. The number of carbonyl (C=O) groups excluding carboxylic acids is 2. The minimum absolute atomic E-state index is 0.0526. The van der Waals surface area contributed by atoms with Crippen LogP contribution in [0.2, 0.25) is 0 Å². The van der Waals surface area contributed by atoms with Gasteiger partial charge < -0.3 is 42.2 Å². The van der Waals surface area contributed by atoms with Crippen LogP contribution in [0.3, 0.4) is 0 Å². The van der Waals surface area contributed by atoms with E-state index in [1.54, 1.807) is 20.8 Å². The highest BCUT2D eigenvalue weighted by Gasteiger charge is 2.28. The molecule has 0 heterocycles. The Labute approximate surface area is 185 Å². The Morgan fingerprint density at radius 1 is 1.09 bits per heavy atom. The molecule has 0 unspecified atom stereocenters. The number of rotatable bonds is 10. The van der Waals surface area contributed by atoms with Crippen molar-refractivity contribution in [2.75, 3.05) is 6.54 Å². The Morgan fingerprint density at radius 3 is 2.28 bits per heavy atom. The van der Waals surface area contributed by atoms with Crippen LogP contribution in [0, 0.1) is 0 Å². The Hall–Kier alpha value is -3.70. The maximum absolute atomic E-state index is 12.8. The largest absolute Gasteiger partial charge is 0.504 e. The van der Waals surface area contributed by atoms with Crippen molar-refractivity contribution in [3.63, 3.8) is 0 Å². The first kappa shape index (κ1) is 26.3. The zero-order chi connectivity index (χ0) is 24.5. The first-order valence-corrected chi connectivity index (χ1v) is 9.87. The van der Waals surface area contributed by atoms with Gasteiger partial charge >= 0.3 is 12.1 Å². The van der Waals surface area contributed by atoms with E-state index in [2.05, 4.69) is 15.6 Å². The number of nitrogens with zero attached hydrogens (tertiary/aromatic N) is 1. The maximum atomic E-state index is 12.8. The summed E-state index contributed by atoms with van der Waals surface area (Å²) in [6.07, 6.45) is -0.623. The maximum Gasteiger partial charge on any atom is 0.408 e. The number of nitrogens with two attached hydrogens (primary N) is 2. The standard InChI is InChI=1S/C20H31N5O7/c1-20(2,3)32-19(31)25-13(9-11-6-7-14(26)15(27)10-11)16(28)24-12(17(29)30)5-4-8-23-18(21)22/h6-7,10,12-13,26-27H,4-5,8-9H2,1-3H3,(H,24,28)(H,25,31)(H,29,30)(H4,21,22,23)/t12-,13-/m0/s1. The predicted molar refractivity (Wildman–Crippen MR) is 116 cm³/mol. The smallest absolute Gasteiger partial charge is 0.408 e. The molecule has 2 amide bonds. The molecule has 0 saturated carbocycles. The first-order valence-electron chi connectivity index (χ1n) is 9.87. The molecule has 1 aromatic rings. The summed E-state index contributed by atoms with van der Waals surface area (Å²) in [5.74, 6) is -2.90. The van der Waals surface area contributed by atoms with Gasteiger partial charge in [-0.25, -0.2) is 9.59 Å². The average molecular weight is 453 g/mol. The number of carboxylic acid groups (broad SMARTS) is 1. The van der Waals surface area contributed by atoms with Gasteiger partial charge in [-0.3, -0.25) is 9.79 Å². The molecule has 9 N–H and O–H groups in total. The molecule has 178 valence electrons. The van der Waals surface area contributed by atoms with E-state index in [0.29, 0.717) is 12.0 Å². The summed E-state index contributed by atoms with van der Waals surface area (Å²) in [6.45, 7) is 5.14. The van der Waals surface area contributed by atoms with E-state index in [1.165, 1.54) is 18.2 Å². The molecule has 0 radical (unpaired) electrons. The van der Waals surface area contributed by atoms with Crippen LogP contribution in [0.25, 0.3) is 0 Å². The van der Waals surface area contributed by atoms with Gasteiger partial charge in [-0.05, 0) is 51.3 Å². The third-order valence-electron chi connectivity index (χ3n) is 4.05. The number of guanidine groups is 1. The van der Waals surface area contributed by atoms with Gasteiger partial charge in [0.05, 0.1) is 0 Å². The highest BCUT2D eigenvalue weighted by molar-refractivity contribution is 5.89. The number of aromatic hydroxyl groups is 2. The van der Waals surface area contributed by atoms with Crippen molar-refractivity contribution in [2.45, 2.75) is 57.7 Å². The number of hydrogen-bond acceptors (Lipinski definition) is 7. The average Bonchev–Trinajstić information content (AvgIpc) is 2.64. The summed E-state index contributed by atoms with van der Waals surface area (Å²) in [6, 6.07) is 1.46. The Bertz CT molecular complexity index is 847. The lowest BCUT2D eigenvalue weighted by atomic mass is 10.0. The molecule has 1 rings (SSSR count). The molecule has 2 atom stereocenters. The SMILES string of the molecule is CC(C)(C)OC(=O)N[C@@H](Cc1ccc(O)c(O)c1)C(=O)N[C@@H](CCCN=C(N)N)C(=O)O. The quantitative estimate of drug-likeness (QED) is 0.111. The first-order chi connectivity index (χ1) is 14.8. The fraction of sp³-hybridized carbons (Fsp3) is 0.500. The normalized spacial score (nSPS) is 12.8. The number of carboxylic acids is 1. The number of benzene rings is 1. The number of hydrogen-bond donors (Lipinski definition) is 7. The zero-order valence-corrected chi connectivity index (χ0v) is 18.3. The number of aliphatic imine (C=N–C) groups is 1. The van der Waals surface area contributed by atoms with Gasteiger partial charge in [-0.1, -0.05) is 6.07 Å². The number of alkyl carbamates (subject to hydrolysis) is 1. The number of amides is 2. The van der Waals surface area contributed by atoms with Crippen molar-refractivity contribution in [3.8, 4) is 11.5 Å². The van der Waals surface area contributed by atoms with Crippen LogP contribution in [0.1, 0.15) is 39.2 Å². The van der Waals surface area contributed by atoms with Gasteiger partial charge in [0.2, 0.25) is 5.91 Å². The van der Waals surface area contributed by atoms with Crippen molar-refractivity contribution in [3.05, 3.63) is 23.8 Å². The second-order valence-corrected chi connectivity index (χ2v) is 8.07. The molecule has 1 aromatic carbocycles. The molecule has 0 bridgehead atoms. The van der Waals surface area contributed by atoms with E-state index >= 15 is 0 Å². The summed E-state index contributed by atoms with van der Waals surface area (Å²) in [7, 11) is 0. The highest BCUT2D eigenvalue weighted by atomic mass is 16.6. The van der Waals surface area contributed by atoms with Crippen LogP contribution in [0.5, 0.6) is 11.5 Å². The van der Waals surface area contributed by atoms with E-state index < -0.39 is 41.4 Å². The second kappa shape index (κ2) is 11.6. The Morgan fingerprint density at radius 2 is 1.75 bits per heavy atom. The summed E-state index contributed by atoms with van der Waals surface area (Å²) < 4.78 is 5.18. The van der Waals surface area contributed by atoms with Gasteiger partial charge in [0.1, 0.15) is 17.7 Å².